The van der Waals surface area contributed by atoms with E-state index >= 15 is 0 Å². The zero-order valence-electron chi connectivity index (χ0n) is 16.2. The number of hydrogen-bond donors (Lipinski definition) is 3. The molecule has 0 bridgehead atoms. The van der Waals surface area contributed by atoms with Crippen molar-refractivity contribution in [1.82, 2.24) is 15.3 Å². The molecule has 2 amide bonds. The van der Waals surface area contributed by atoms with Crippen LogP contribution in [0.15, 0.2) is 18.2 Å². The standard InChI is InChI=1S/C20H28N4O3/c1-20(2,3)27-19(26)22-11-12-7-9-13(10-8-12)18-23-15-6-4-5-14(17(21)25)16(15)24-18/h4-6,12-13H,7-11H2,1-3H3,(H2,21,25)(H,22,26)(H,23,24). The number of primary amides is 1. The predicted molar refractivity (Wildman–Crippen MR) is 104 cm³/mol. The van der Waals surface area contributed by atoms with Crippen LogP contribution in [0.25, 0.3) is 11.0 Å². The molecule has 7 nitrogen and oxygen atoms in total. The summed E-state index contributed by atoms with van der Waals surface area (Å²) >= 11 is 0. The average molecular weight is 372 g/mol. The van der Waals surface area contributed by atoms with Crippen LogP contribution in [0.1, 0.15) is 68.6 Å². The number of carbonyl (C=O) groups is 2. The molecular formula is C20H28N4O3. The van der Waals surface area contributed by atoms with E-state index in [9.17, 15) is 9.59 Å². The first kappa shape index (κ1) is 19.2. The Morgan fingerprint density at radius 1 is 1.26 bits per heavy atom. The highest BCUT2D eigenvalue weighted by atomic mass is 16.6. The Balaban J connectivity index is 1.56. The number of nitrogens with two attached hydrogens (primary N) is 1. The molecule has 0 saturated heterocycles. The van der Waals surface area contributed by atoms with Gasteiger partial charge in [0.2, 0.25) is 0 Å². The van der Waals surface area contributed by atoms with Crippen molar-refractivity contribution in [2.45, 2.75) is 58.0 Å². The number of benzene rings is 1. The van der Waals surface area contributed by atoms with Gasteiger partial charge >= 0.3 is 6.09 Å². The van der Waals surface area contributed by atoms with E-state index in [1.165, 1.54) is 0 Å². The van der Waals surface area contributed by atoms with Crippen molar-refractivity contribution in [3.63, 3.8) is 0 Å². The van der Waals surface area contributed by atoms with Gasteiger partial charge in [0, 0.05) is 12.5 Å². The molecule has 0 atom stereocenters. The van der Waals surface area contributed by atoms with Crippen LogP contribution < -0.4 is 11.1 Å². The Morgan fingerprint density at radius 2 is 1.96 bits per heavy atom. The van der Waals surface area contributed by atoms with Gasteiger partial charge in [-0.15, -0.1) is 0 Å². The fraction of sp³-hybridized carbons (Fsp3) is 0.550. The predicted octanol–water partition coefficient (Wildman–Crippen LogP) is 3.46. The lowest BCUT2D eigenvalue weighted by Gasteiger charge is -2.28. The Labute approximate surface area is 159 Å². The minimum absolute atomic E-state index is 0.330. The zero-order valence-corrected chi connectivity index (χ0v) is 16.2. The fourth-order valence-electron chi connectivity index (χ4n) is 3.63. The first-order valence-electron chi connectivity index (χ1n) is 9.48. The molecule has 1 heterocycles. The SMILES string of the molecule is CC(C)(C)OC(=O)NCC1CCC(c2nc3c(C(N)=O)cccc3[nH]2)CC1. The largest absolute Gasteiger partial charge is 0.444 e. The van der Waals surface area contributed by atoms with E-state index in [1.807, 2.05) is 32.9 Å². The van der Waals surface area contributed by atoms with Crippen LogP contribution in [0.2, 0.25) is 0 Å². The van der Waals surface area contributed by atoms with Gasteiger partial charge in [0.15, 0.2) is 0 Å². The first-order chi connectivity index (χ1) is 12.7. The Morgan fingerprint density at radius 3 is 2.59 bits per heavy atom. The maximum Gasteiger partial charge on any atom is 0.407 e. The molecule has 1 fully saturated rings. The number of carbonyl (C=O) groups excluding carboxylic acids is 2. The minimum Gasteiger partial charge on any atom is -0.444 e. The van der Waals surface area contributed by atoms with Crippen molar-refractivity contribution in [2.24, 2.45) is 11.7 Å². The van der Waals surface area contributed by atoms with Gasteiger partial charge in [0.25, 0.3) is 5.91 Å². The molecule has 1 aliphatic carbocycles. The second-order valence-electron chi connectivity index (χ2n) is 8.29. The Kier molecular flexibility index (Phi) is 5.39. The number of alkyl carbamates (subject to hydrolysis) is 1. The normalized spacial score (nSPS) is 20.4. The topological polar surface area (TPSA) is 110 Å². The average Bonchev–Trinajstić information content (AvgIpc) is 3.02. The second-order valence-corrected chi connectivity index (χ2v) is 8.29. The third-order valence-corrected chi connectivity index (χ3v) is 4.96. The minimum atomic E-state index is -0.479. The third kappa shape index (κ3) is 4.78. The maximum atomic E-state index is 11.8. The summed E-state index contributed by atoms with van der Waals surface area (Å²) in [5.74, 6) is 1.23. The van der Waals surface area contributed by atoms with E-state index < -0.39 is 11.5 Å². The van der Waals surface area contributed by atoms with Crippen LogP contribution in [0, 0.1) is 5.92 Å². The van der Waals surface area contributed by atoms with Crippen molar-refractivity contribution in [3.8, 4) is 0 Å². The molecular weight excluding hydrogens is 344 g/mol. The van der Waals surface area contributed by atoms with Gasteiger partial charge in [-0.1, -0.05) is 6.07 Å². The van der Waals surface area contributed by atoms with Gasteiger partial charge in [-0.05, 0) is 64.5 Å². The van der Waals surface area contributed by atoms with E-state index in [0.717, 1.165) is 37.0 Å². The number of para-hydroxylation sites is 1. The molecule has 3 rings (SSSR count). The quantitative estimate of drug-likeness (QED) is 0.763. The summed E-state index contributed by atoms with van der Waals surface area (Å²) in [5.41, 5.74) is 6.90. The molecule has 1 aromatic heterocycles. The van der Waals surface area contributed by atoms with Gasteiger partial charge < -0.3 is 20.8 Å². The van der Waals surface area contributed by atoms with Crippen LogP contribution in [0.3, 0.4) is 0 Å². The number of amides is 2. The zero-order chi connectivity index (χ0) is 19.6. The molecule has 0 spiro atoms. The maximum absolute atomic E-state index is 11.8. The van der Waals surface area contributed by atoms with Gasteiger partial charge in [0.1, 0.15) is 16.9 Å². The number of H-pyrrole nitrogens is 1. The van der Waals surface area contributed by atoms with Crippen LogP contribution in [0.5, 0.6) is 0 Å². The van der Waals surface area contributed by atoms with Gasteiger partial charge in [0.05, 0.1) is 11.1 Å². The van der Waals surface area contributed by atoms with E-state index in [4.69, 9.17) is 10.5 Å². The van der Waals surface area contributed by atoms with Crippen molar-refractivity contribution in [3.05, 3.63) is 29.6 Å². The molecule has 7 heteroatoms. The second kappa shape index (κ2) is 7.58. The van der Waals surface area contributed by atoms with E-state index in [0.29, 0.717) is 29.5 Å². The summed E-state index contributed by atoms with van der Waals surface area (Å²) in [6.07, 6.45) is 3.65. The number of imidazole rings is 1. The number of aromatic amines is 1. The third-order valence-electron chi connectivity index (χ3n) is 4.96. The summed E-state index contributed by atoms with van der Waals surface area (Å²) in [6.45, 7) is 6.20. The molecule has 1 aliphatic rings. The van der Waals surface area contributed by atoms with Crippen molar-refractivity contribution in [1.29, 1.82) is 0 Å². The van der Waals surface area contributed by atoms with E-state index in [1.54, 1.807) is 6.07 Å². The highest BCUT2D eigenvalue weighted by Gasteiger charge is 2.26. The molecule has 4 N–H and O–H groups in total. The number of nitrogens with one attached hydrogen (secondary N) is 2. The van der Waals surface area contributed by atoms with Crippen LogP contribution in [0.4, 0.5) is 4.79 Å². The van der Waals surface area contributed by atoms with Crippen LogP contribution in [-0.4, -0.2) is 34.1 Å². The molecule has 146 valence electrons. The number of aromatic nitrogens is 2. The van der Waals surface area contributed by atoms with Crippen molar-refractivity contribution < 1.29 is 14.3 Å². The molecule has 1 saturated carbocycles. The number of hydrogen-bond acceptors (Lipinski definition) is 4. The molecule has 0 radical (unpaired) electrons. The van der Waals surface area contributed by atoms with Gasteiger partial charge in [-0.3, -0.25) is 4.79 Å². The van der Waals surface area contributed by atoms with Crippen LogP contribution in [-0.2, 0) is 4.74 Å². The smallest absolute Gasteiger partial charge is 0.407 e. The highest BCUT2D eigenvalue weighted by molar-refractivity contribution is 6.04. The lowest BCUT2D eigenvalue weighted by molar-refractivity contribution is 0.0514. The van der Waals surface area contributed by atoms with Gasteiger partial charge in [-0.2, -0.15) is 0 Å². The van der Waals surface area contributed by atoms with Crippen molar-refractivity contribution >= 4 is 23.0 Å². The van der Waals surface area contributed by atoms with E-state index in [2.05, 4.69) is 15.3 Å². The number of nitrogens with zero attached hydrogens (tertiary/aromatic N) is 1. The number of ether oxygens (including phenoxy) is 1. The van der Waals surface area contributed by atoms with Crippen LogP contribution >= 0.6 is 0 Å². The summed E-state index contributed by atoms with van der Waals surface area (Å²) < 4.78 is 5.28. The molecule has 0 unspecified atom stereocenters. The van der Waals surface area contributed by atoms with Crippen molar-refractivity contribution in [2.75, 3.05) is 6.54 Å². The Hall–Kier alpha value is -2.57. The summed E-state index contributed by atoms with van der Waals surface area (Å²) in [7, 11) is 0. The molecule has 0 aliphatic heterocycles. The van der Waals surface area contributed by atoms with Gasteiger partial charge in [-0.25, -0.2) is 9.78 Å². The number of fused-ring (bicyclic) bond motifs is 1. The summed E-state index contributed by atoms with van der Waals surface area (Å²) in [5, 5.41) is 2.87. The fourth-order valence-corrected chi connectivity index (χ4v) is 3.63. The Bertz CT molecular complexity index is 829. The highest BCUT2D eigenvalue weighted by Crippen LogP contribution is 2.35. The first-order valence-corrected chi connectivity index (χ1v) is 9.48. The van der Waals surface area contributed by atoms with E-state index in [-0.39, 0.29) is 6.09 Å². The summed E-state index contributed by atoms with van der Waals surface area (Å²) in [4.78, 5) is 31.4. The number of rotatable bonds is 4. The summed E-state index contributed by atoms with van der Waals surface area (Å²) in [6, 6.07) is 5.42. The lowest BCUT2D eigenvalue weighted by atomic mass is 9.81. The molecule has 1 aromatic carbocycles. The lowest BCUT2D eigenvalue weighted by Crippen LogP contribution is -2.36. The molecule has 27 heavy (non-hydrogen) atoms. The molecule has 2 aromatic rings. The monoisotopic (exact) mass is 372 g/mol.